The van der Waals surface area contributed by atoms with Gasteiger partial charge in [0.2, 0.25) is 0 Å². The average molecular weight is 410 g/mol. The summed E-state index contributed by atoms with van der Waals surface area (Å²) in [5.74, 6) is 1.25. The Morgan fingerprint density at radius 3 is 1.84 bits per heavy atom. The number of hydrogen-bond donors (Lipinski definition) is 0. The van der Waals surface area contributed by atoms with Crippen LogP contribution in [0.3, 0.4) is 0 Å². The Bertz CT molecular complexity index is 1180. The number of fused-ring (bicyclic) bond motifs is 6. The van der Waals surface area contributed by atoms with Crippen molar-refractivity contribution in [3.63, 3.8) is 0 Å². The molecule has 0 atom stereocenters. The number of nitrogens with zero attached hydrogens (tertiary/aromatic N) is 2. The van der Waals surface area contributed by atoms with Gasteiger partial charge in [-0.3, -0.25) is 0 Å². The first-order valence-corrected chi connectivity index (χ1v) is 11.0. The van der Waals surface area contributed by atoms with Crippen molar-refractivity contribution in [1.82, 2.24) is 0 Å². The van der Waals surface area contributed by atoms with Gasteiger partial charge in [0.1, 0.15) is 11.5 Å². The van der Waals surface area contributed by atoms with Crippen molar-refractivity contribution < 1.29 is 14.3 Å². The van der Waals surface area contributed by atoms with E-state index in [9.17, 15) is 4.79 Å². The molecule has 7 rings (SSSR count). The van der Waals surface area contributed by atoms with Crippen molar-refractivity contribution in [1.29, 1.82) is 0 Å². The summed E-state index contributed by atoms with van der Waals surface area (Å²) in [6, 6.07) is 20.3. The molecule has 154 valence electrons. The van der Waals surface area contributed by atoms with E-state index in [-0.39, 0.29) is 5.97 Å². The molecule has 0 unspecified atom stereocenters. The van der Waals surface area contributed by atoms with Gasteiger partial charge in [-0.1, -0.05) is 18.2 Å². The molecule has 3 aromatic carbocycles. The first-order valence-electron chi connectivity index (χ1n) is 11.0. The summed E-state index contributed by atoms with van der Waals surface area (Å²) >= 11 is 0. The summed E-state index contributed by atoms with van der Waals surface area (Å²) in [5.41, 5.74) is 4.62. The summed E-state index contributed by atoms with van der Waals surface area (Å²) < 4.78 is 12.7. The van der Waals surface area contributed by atoms with E-state index in [0.717, 1.165) is 65.7 Å². The summed E-state index contributed by atoms with van der Waals surface area (Å²) in [5, 5.41) is 0. The minimum atomic E-state index is -0.975. The van der Waals surface area contributed by atoms with Crippen LogP contribution < -0.4 is 14.5 Å². The van der Waals surface area contributed by atoms with Crippen molar-refractivity contribution >= 4 is 17.3 Å². The van der Waals surface area contributed by atoms with E-state index in [1.54, 1.807) is 0 Å². The third-order valence-corrected chi connectivity index (χ3v) is 7.12. The second-order valence-corrected chi connectivity index (χ2v) is 8.76. The van der Waals surface area contributed by atoms with Crippen molar-refractivity contribution in [2.45, 2.75) is 18.4 Å². The van der Waals surface area contributed by atoms with E-state index < -0.39 is 5.60 Å². The molecule has 2 fully saturated rings. The third kappa shape index (κ3) is 2.23. The lowest BCUT2D eigenvalue weighted by atomic mass is 9.77. The highest BCUT2D eigenvalue weighted by molar-refractivity contribution is 5.97. The van der Waals surface area contributed by atoms with Crippen molar-refractivity contribution in [2.24, 2.45) is 0 Å². The van der Waals surface area contributed by atoms with Gasteiger partial charge < -0.3 is 19.3 Å². The van der Waals surface area contributed by atoms with Gasteiger partial charge in [-0.2, -0.15) is 0 Å². The molecular formula is C26H22N2O3. The maximum absolute atomic E-state index is 12.9. The van der Waals surface area contributed by atoms with Gasteiger partial charge in [0.25, 0.3) is 0 Å². The van der Waals surface area contributed by atoms with Gasteiger partial charge in [-0.25, -0.2) is 4.79 Å². The maximum Gasteiger partial charge on any atom is 0.340 e. The highest BCUT2D eigenvalue weighted by Gasteiger charge is 2.53. The Balaban J connectivity index is 1.47. The first kappa shape index (κ1) is 17.2. The van der Waals surface area contributed by atoms with E-state index in [4.69, 9.17) is 9.47 Å². The molecule has 3 aromatic rings. The van der Waals surface area contributed by atoms with Crippen LogP contribution in [-0.4, -0.2) is 32.1 Å². The fourth-order valence-electron chi connectivity index (χ4n) is 5.20. The number of anilines is 2. The van der Waals surface area contributed by atoms with E-state index in [1.807, 2.05) is 24.3 Å². The highest BCUT2D eigenvalue weighted by atomic mass is 16.6. The van der Waals surface area contributed by atoms with Gasteiger partial charge in [0, 0.05) is 66.4 Å². The minimum absolute atomic E-state index is 0.284. The molecule has 0 saturated carbocycles. The van der Waals surface area contributed by atoms with Crippen molar-refractivity contribution in [2.75, 3.05) is 36.0 Å². The molecule has 0 bridgehead atoms. The van der Waals surface area contributed by atoms with Gasteiger partial charge in [0.05, 0.1) is 5.56 Å². The van der Waals surface area contributed by atoms with Gasteiger partial charge in [0.15, 0.2) is 5.60 Å². The molecule has 4 aliphatic heterocycles. The zero-order valence-corrected chi connectivity index (χ0v) is 17.1. The van der Waals surface area contributed by atoms with E-state index in [1.165, 1.54) is 12.8 Å². The SMILES string of the molecule is O=C1OC2(c3ccc(N4CCC4)cc3Oc3cc(N4CCC4)ccc32)c2ccccc21. The zero-order chi connectivity index (χ0) is 20.6. The lowest BCUT2D eigenvalue weighted by Gasteiger charge is -2.39. The molecule has 0 radical (unpaired) electrons. The lowest BCUT2D eigenvalue weighted by molar-refractivity contribution is 0.0224. The lowest BCUT2D eigenvalue weighted by Crippen LogP contribution is -2.38. The molecular weight excluding hydrogens is 388 g/mol. The van der Waals surface area contributed by atoms with Gasteiger partial charge >= 0.3 is 5.97 Å². The molecule has 0 aliphatic carbocycles. The standard InChI is InChI=1S/C26H22N2O3/c29-25-19-5-1-2-6-20(19)26(31-25)21-9-7-17(27-11-3-12-27)15-23(21)30-24-16-18(8-10-22(24)26)28-13-4-14-28/h1-2,5-10,15-16H,3-4,11-14H2. The summed E-state index contributed by atoms with van der Waals surface area (Å²) in [4.78, 5) is 17.6. The Hall–Kier alpha value is -3.47. The van der Waals surface area contributed by atoms with Gasteiger partial charge in [-0.15, -0.1) is 0 Å². The van der Waals surface area contributed by atoms with Crippen LogP contribution in [0.4, 0.5) is 11.4 Å². The van der Waals surface area contributed by atoms with E-state index in [2.05, 4.69) is 46.2 Å². The maximum atomic E-state index is 12.9. The molecule has 0 N–H and O–H groups in total. The molecule has 5 heteroatoms. The summed E-state index contributed by atoms with van der Waals surface area (Å²) in [7, 11) is 0. The Kier molecular flexibility index (Phi) is 3.36. The number of rotatable bonds is 2. The predicted octanol–water partition coefficient (Wildman–Crippen LogP) is 4.67. The van der Waals surface area contributed by atoms with Crippen molar-refractivity contribution in [3.8, 4) is 11.5 Å². The van der Waals surface area contributed by atoms with Crippen LogP contribution in [0, 0.1) is 0 Å². The predicted molar refractivity (Wildman–Crippen MR) is 118 cm³/mol. The molecule has 1 spiro atoms. The number of esters is 1. The molecule has 4 aliphatic rings. The van der Waals surface area contributed by atoms with Crippen LogP contribution in [0.5, 0.6) is 11.5 Å². The Morgan fingerprint density at radius 1 is 0.710 bits per heavy atom. The summed E-state index contributed by atoms with van der Waals surface area (Å²) in [6.07, 6.45) is 2.43. The molecule has 2 saturated heterocycles. The Morgan fingerprint density at radius 2 is 1.29 bits per heavy atom. The van der Waals surface area contributed by atoms with E-state index in [0.29, 0.717) is 5.56 Å². The fraction of sp³-hybridized carbons (Fsp3) is 0.269. The third-order valence-electron chi connectivity index (χ3n) is 7.12. The average Bonchev–Trinajstić information content (AvgIpc) is 2.99. The number of carbonyl (C=O) groups is 1. The topological polar surface area (TPSA) is 42.0 Å². The number of carbonyl (C=O) groups excluding carboxylic acids is 1. The molecule has 4 heterocycles. The smallest absolute Gasteiger partial charge is 0.340 e. The molecule has 31 heavy (non-hydrogen) atoms. The normalized spacial score (nSPS) is 19.5. The Labute approximate surface area is 180 Å². The quantitative estimate of drug-likeness (QED) is 0.574. The van der Waals surface area contributed by atoms with Crippen LogP contribution in [-0.2, 0) is 10.3 Å². The van der Waals surface area contributed by atoms with Crippen LogP contribution in [0.25, 0.3) is 0 Å². The van der Waals surface area contributed by atoms with Crippen LogP contribution >= 0.6 is 0 Å². The van der Waals surface area contributed by atoms with Crippen LogP contribution in [0.2, 0.25) is 0 Å². The number of ether oxygens (including phenoxy) is 2. The monoisotopic (exact) mass is 410 g/mol. The minimum Gasteiger partial charge on any atom is -0.456 e. The zero-order valence-electron chi connectivity index (χ0n) is 17.1. The second-order valence-electron chi connectivity index (χ2n) is 8.76. The first-order chi connectivity index (χ1) is 15.2. The number of hydrogen-bond acceptors (Lipinski definition) is 5. The van der Waals surface area contributed by atoms with Gasteiger partial charge in [-0.05, 0) is 43.2 Å². The fourth-order valence-corrected chi connectivity index (χ4v) is 5.20. The van der Waals surface area contributed by atoms with Crippen molar-refractivity contribution in [3.05, 3.63) is 82.9 Å². The number of benzene rings is 3. The van der Waals surface area contributed by atoms with E-state index >= 15 is 0 Å². The van der Waals surface area contributed by atoms with Crippen LogP contribution in [0.15, 0.2) is 60.7 Å². The second kappa shape index (κ2) is 6.03. The molecule has 5 nitrogen and oxygen atoms in total. The summed E-state index contributed by atoms with van der Waals surface area (Å²) in [6.45, 7) is 4.27. The van der Waals surface area contributed by atoms with Crippen LogP contribution in [0.1, 0.15) is 39.9 Å². The highest BCUT2D eigenvalue weighted by Crippen LogP contribution is 2.57. The molecule has 0 amide bonds. The molecule has 0 aromatic heterocycles. The largest absolute Gasteiger partial charge is 0.456 e.